The Labute approximate surface area is 254 Å². The highest BCUT2D eigenvalue weighted by atomic mass is 31.0. The number of halogens is 1. The molecule has 9 nitrogen and oxygen atoms in total. The number of likely N-dealkylation sites (tertiary alicyclic amines) is 3. The maximum Gasteiger partial charge on any atom is 0.163 e. The second-order valence-electron chi connectivity index (χ2n) is 12.4. The van der Waals surface area contributed by atoms with Gasteiger partial charge in [-0.15, -0.1) is 0 Å². The SMILES string of the molecule is COC1=C/C(=C(/N=C(\C)N2CCCC(F)(P)CC2)N(N)C2CCN(C(C)C)CC2)C(=N)C=C1OCCCN1CCCC1. The fourth-order valence-electron chi connectivity index (χ4n) is 6.27. The Morgan fingerprint density at radius 1 is 1.12 bits per heavy atom. The molecule has 3 N–H and O–H groups in total. The van der Waals surface area contributed by atoms with Crippen molar-refractivity contribution in [1.82, 2.24) is 19.7 Å². The number of rotatable bonds is 10. The summed E-state index contributed by atoms with van der Waals surface area (Å²) >= 11 is 0. The van der Waals surface area contributed by atoms with Crippen molar-refractivity contribution in [3.63, 3.8) is 0 Å². The second kappa shape index (κ2) is 15.1. The topological polar surface area (TPSA) is 93.7 Å². The first-order valence-corrected chi connectivity index (χ1v) is 16.4. The Kier molecular flexibility index (Phi) is 11.9. The summed E-state index contributed by atoms with van der Waals surface area (Å²) < 4.78 is 26.6. The van der Waals surface area contributed by atoms with Crippen LogP contribution in [-0.4, -0.2) is 108 Å². The van der Waals surface area contributed by atoms with E-state index in [9.17, 15) is 4.39 Å². The Morgan fingerprint density at radius 2 is 1.83 bits per heavy atom. The summed E-state index contributed by atoms with van der Waals surface area (Å²) in [6.07, 6.45) is 10.6. The van der Waals surface area contributed by atoms with E-state index >= 15 is 0 Å². The third-order valence-corrected chi connectivity index (χ3v) is 9.61. The van der Waals surface area contributed by atoms with E-state index in [0.717, 1.165) is 57.7 Å². The number of aliphatic imine (C=N–C) groups is 1. The Morgan fingerprint density at radius 3 is 2.50 bits per heavy atom. The van der Waals surface area contributed by atoms with E-state index in [0.29, 0.717) is 54.9 Å². The fourth-order valence-corrected chi connectivity index (χ4v) is 6.61. The summed E-state index contributed by atoms with van der Waals surface area (Å²) in [5.74, 6) is 9.34. The molecule has 0 amide bonds. The van der Waals surface area contributed by atoms with Gasteiger partial charge in [0.2, 0.25) is 0 Å². The summed E-state index contributed by atoms with van der Waals surface area (Å²) in [5, 5.41) is 9.53. The quantitative estimate of drug-likeness (QED) is 0.0936. The molecule has 0 saturated carbocycles. The van der Waals surface area contributed by atoms with Crippen LogP contribution in [0.15, 0.2) is 40.1 Å². The lowest BCUT2D eigenvalue weighted by atomic mass is 10.00. The highest BCUT2D eigenvalue weighted by molar-refractivity contribution is 7.18. The number of hydrogen-bond acceptors (Lipinski definition) is 8. The number of nitrogens with zero attached hydrogens (tertiary/aromatic N) is 5. The van der Waals surface area contributed by atoms with E-state index in [-0.39, 0.29) is 11.8 Å². The average molecular weight is 606 g/mol. The van der Waals surface area contributed by atoms with Gasteiger partial charge in [0.15, 0.2) is 17.3 Å². The van der Waals surface area contributed by atoms with Gasteiger partial charge in [0, 0.05) is 62.9 Å². The van der Waals surface area contributed by atoms with Gasteiger partial charge < -0.3 is 24.2 Å². The zero-order valence-electron chi connectivity index (χ0n) is 26.2. The number of alkyl halides is 1. The maximum atomic E-state index is 14.7. The number of piperidine rings is 1. The lowest BCUT2D eigenvalue weighted by Gasteiger charge is -2.39. The van der Waals surface area contributed by atoms with Crippen molar-refractivity contribution in [3.05, 3.63) is 35.1 Å². The lowest BCUT2D eigenvalue weighted by molar-refractivity contribution is 0.111. The van der Waals surface area contributed by atoms with Crippen LogP contribution < -0.4 is 5.84 Å². The average Bonchev–Trinajstić information content (AvgIpc) is 3.42. The monoisotopic (exact) mass is 605 g/mol. The molecule has 1 aliphatic carbocycles. The van der Waals surface area contributed by atoms with E-state index in [1.165, 1.54) is 25.9 Å². The van der Waals surface area contributed by atoms with Gasteiger partial charge in [-0.05, 0) is 84.9 Å². The van der Waals surface area contributed by atoms with Crippen LogP contribution in [0.5, 0.6) is 0 Å². The number of methoxy groups -OCH3 is 1. The van der Waals surface area contributed by atoms with Crippen LogP contribution >= 0.6 is 9.24 Å². The summed E-state index contributed by atoms with van der Waals surface area (Å²) in [6.45, 7) is 13.6. The predicted molar refractivity (Wildman–Crippen MR) is 172 cm³/mol. The van der Waals surface area contributed by atoms with Crippen LogP contribution in [-0.2, 0) is 9.47 Å². The molecule has 4 rings (SSSR count). The highest BCUT2D eigenvalue weighted by Crippen LogP contribution is 2.33. The smallest absolute Gasteiger partial charge is 0.163 e. The molecule has 0 spiro atoms. The number of nitrogens with two attached hydrogens (primary N) is 1. The number of allylic oxidation sites excluding steroid dienone is 3. The van der Waals surface area contributed by atoms with Gasteiger partial charge in [0.25, 0.3) is 0 Å². The van der Waals surface area contributed by atoms with Crippen LogP contribution in [0.4, 0.5) is 4.39 Å². The molecule has 0 aromatic rings. The standard InChI is InChI=1S/C31H53FN7O2P/c1-23(2)37-17-9-25(10-18-37)39(34)30(35-24(3)38-16-7-11-31(32,42)12-19-38)26-21-28(40-4)29(22-27(26)33)41-20-8-15-36-13-5-6-14-36/h21-23,25,33H,5-20,34,42H2,1-4H3/b30-26+,33-27?,35-24+. The molecule has 3 heterocycles. The molecule has 4 aliphatic rings. The van der Waals surface area contributed by atoms with E-state index in [4.69, 9.17) is 25.7 Å². The molecule has 0 aromatic carbocycles. The predicted octanol–water partition coefficient (Wildman–Crippen LogP) is 4.64. The van der Waals surface area contributed by atoms with Gasteiger partial charge in [-0.2, -0.15) is 0 Å². The fraction of sp³-hybridized carbons (Fsp3) is 0.742. The lowest BCUT2D eigenvalue weighted by Crippen LogP contribution is -2.49. The number of nitrogens with one attached hydrogen (secondary N) is 1. The second-order valence-corrected chi connectivity index (χ2v) is 13.5. The summed E-state index contributed by atoms with van der Waals surface area (Å²) in [5.41, 5.74) is 0.890. The van der Waals surface area contributed by atoms with Gasteiger partial charge >= 0.3 is 0 Å². The van der Waals surface area contributed by atoms with Gasteiger partial charge in [-0.3, -0.25) is 10.4 Å². The van der Waals surface area contributed by atoms with Gasteiger partial charge in [-0.25, -0.2) is 15.2 Å². The normalized spacial score (nSPS) is 26.7. The molecular formula is C31H53FN7O2P. The van der Waals surface area contributed by atoms with Gasteiger partial charge in [-0.1, -0.05) is 9.24 Å². The number of hydrogen-bond donors (Lipinski definition) is 2. The van der Waals surface area contributed by atoms with E-state index in [1.54, 1.807) is 18.2 Å². The van der Waals surface area contributed by atoms with Crippen LogP contribution in [0, 0.1) is 5.41 Å². The van der Waals surface area contributed by atoms with Crippen LogP contribution in [0.3, 0.4) is 0 Å². The van der Waals surface area contributed by atoms with Crippen LogP contribution in [0.2, 0.25) is 0 Å². The molecule has 0 radical (unpaired) electrons. The third-order valence-electron chi connectivity index (χ3n) is 9.03. The van der Waals surface area contributed by atoms with Crippen molar-refractivity contribution in [2.75, 3.05) is 59.5 Å². The van der Waals surface area contributed by atoms with Gasteiger partial charge in [0.05, 0.1) is 19.4 Å². The third kappa shape index (κ3) is 8.77. The molecule has 3 fully saturated rings. The first kappa shape index (κ1) is 32.9. The van der Waals surface area contributed by atoms with Crippen molar-refractivity contribution >= 4 is 20.8 Å². The molecule has 0 aromatic heterocycles. The molecule has 2 unspecified atom stereocenters. The van der Waals surface area contributed by atoms with Crippen molar-refractivity contribution in [1.29, 1.82) is 5.41 Å². The Balaban J connectivity index is 1.57. The van der Waals surface area contributed by atoms with E-state index < -0.39 is 5.41 Å². The zero-order chi connectivity index (χ0) is 30.3. The van der Waals surface area contributed by atoms with Crippen molar-refractivity contribution < 1.29 is 13.9 Å². The molecule has 236 valence electrons. The van der Waals surface area contributed by atoms with Crippen LogP contribution in [0.1, 0.15) is 72.1 Å². The van der Waals surface area contributed by atoms with Gasteiger partial charge in [0.1, 0.15) is 11.2 Å². The molecule has 42 heavy (non-hydrogen) atoms. The van der Waals surface area contributed by atoms with Crippen molar-refractivity contribution in [2.24, 2.45) is 10.8 Å². The first-order valence-electron chi connectivity index (χ1n) is 15.8. The molecule has 0 bridgehead atoms. The summed E-state index contributed by atoms with van der Waals surface area (Å²) in [4.78, 5) is 12.1. The Hall–Kier alpha value is -2.00. The van der Waals surface area contributed by atoms with E-state index in [1.807, 2.05) is 13.0 Å². The van der Waals surface area contributed by atoms with Crippen LogP contribution in [0.25, 0.3) is 0 Å². The minimum atomic E-state index is -1.24. The zero-order valence-corrected chi connectivity index (χ0v) is 27.4. The summed E-state index contributed by atoms with van der Waals surface area (Å²) in [6, 6.07) is 0.586. The molecule has 3 aliphatic heterocycles. The molecule has 2 atom stereocenters. The van der Waals surface area contributed by atoms with E-state index in [2.05, 4.69) is 37.8 Å². The van der Waals surface area contributed by atoms with Crippen molar-refractivity contribution in [2.45, 2.75) is 89.6 Å². The minimum absolute atomic E-state index is 0.0909. The van der Waals surface area contributed by atoms with Crippen molar-refractivity contribution in [3.8, 4) is 0 Å². The first-order chi connectivity index (χ1) is 20.1. The molecular weight excluding hydrogens is 552 g/mol. The largest absolute Gasteiger partial charge is 0.493 e. The minimum Gasteiger partial charge on any atom is -0.493 e. The number of ether oxygens (including phenoxy) is 2. The number of hydrazine groups is 1. The maximum absolute atomic E-state index is 14.7. The Bertz CT molecular complexity index is 1060. The molecule has 3 saturated heterocycles. The number of amidine groups is 1. The summed E-state index contributed by atoms with van der Waals surface area (Å²) in [7, 11) is 4.01. The highest BCUT2D eigenvalue weighted by Gasteiger charge is 2.31. The molecule has 11 heteroatoms.